The van der Waals surface area contributed by atoms with Crippen molar-refractivity contribution < 1.29 is 18.9 Å². The van der Waals surface area contributed by atoms with Gasteiger partial charge in [0, 0.05) is 0 Å². The first-order valence-corrected chi connectivity index (χ1v) is 59.3. The second kappa shape index (κ2) is 32.1. The van der Waals surface area contributed by atoms with Crippen LogP contribution < -0.4 is 24.7 Å². The van der Waals surface area contributed by atoms with Crippen molar-refractivity contribution in [1.82, 2.24) is 0 Å². The van der Waals surface area contributed by atoms with E-state index in [2.05, 4.69) is 201 Å². The van der Waals surface area contributed by atoms with Crippen molar-refractivity contribution in [2.45, 2.75) is 222 Å². The monoisotopic (exact) mass is 1520 g/mol. The Bertz CT molecular complexity index is 3420. The van der Waals surface area contributed by atoms with Crippen LogP contribution in [0.15, 0.2) is 121 Å². The van der Waals surface area contributed by atoms with Gasteiger partial charge in [-0.1, -0.05) is 130 Å². The van der Waals surface area contributed by atoms with Crippen molar-refractivity contribution in [2.24, 2.45) is 0 Å². The van der Waals surface area contributed by atoms with E-state index in [9.17, 15) is 0 Å². The first-order chi connectivity index (χ1) is 44.7. The van der Waals surface area contributed by atoms with E-state index in [1.807, 2.05) is 22.7 Å². The molecule has 0 N–H and O–H groups in total. The molecule has 0 saturated heterocycles. The molecule has 0 aliphatic heterocycles. The average Bonchev–Trinajstić information content (AvgIpc) is 1.51. The fraction of sp³-hybridized carbons (Fsp3) is 0.488. The fourth-order valence-corrected chi connectivity index (χ4v) is 30.2. The molecule has 9 aromatic rings. The van der Waals surface area contributed by atoms with Gasteiger partial charge >= 0.3 is 454 Å². The van der Waals surface area contributed by atoms with Crippen molar-refractivity contribution >= 4 is 108 Å². The van der Waals surface area contributed by atoms with E-state index in [1.54, 1.807) is 5.79 Å². The molecule has 0 radical (unpaired) electrons. The third kappa shape index (κ3) is 15.0. The first kappa shape index (κ1) is 69.6. The Hall–Kier alpha value is -3.78. The zero-order valence-corrected chi connectivity index (χ0v) is 66.6. The fourth-order valence-electron chi connectivity index (χ4n) is 14.5. The van der Waals surface area contributed by atoms with Crippen LogP contribution in [0.2, 0.25) is 29.6 Å². The summed E-state index contributed by atoms with van der Waals surface area (Å²) in [6.07, 6.45) is 30.0. The van der Waals surface area contributed by atoms with Crippen LogP contribution in [0.5, 0.6) is 23.0 Å². The second-order valence-electron chi connectivity index (χ2n) is 28.7. The van der Waals surface area contributed by atoms with Crippen molar-refractivity contribution in [3.8, 4) is 42.5 Å². The zero-order valence-electron chi connectivity index (χ0n) is 57.6. The molecule has 4 aromatic heterocycles. The third-order valence-electron chi connectivity index (χ3n) is 19.6. The normalized spacial score (nSPS) is 13.8. The van der Waals surface area contributed by atoms with Gasteiger partial charge in [-0.2, -0.15) is 0 Å². The van der Waals surface area contributed by atoms with Gasteiger partial charge in [0.1, 0.15) is 0 Å². The summed E-state index contributed by atoms with van der Waals surface area (Å²) in [5.41, 5.74) is 9.85. The summed E-state index contributed by atoms with van der Waals surface area (Å²) in [5, 5.41) is 2.74. The molecule has 0 amide bonds. The molecule has 92 heavy (non-hydrogen) atoms. The Balaban J connectivity index is 1.06. The van der Waals surface area contributed by atoms with Crippen LogP contribution in [0.3, 0.4) is 0 Å². The molecule has 4 nitrogen and oxygen atoms in total. The molecule has 0 fully saturated rings. The summed E-state index contributed by atoms with van der Waals surface area (Å²) in [6.45, 7) is 12.2. The van der Waals surface area contributed by atoms with Crippen molar-refractivity contribution in [3.05, 3.63) is 166 Å². The number of unbranched alkanes of at least 4 members (excludes halogenated alkanes) is 20. The molecule has 2 aliphatic rings. The molecule has 4 heterocycles. The van der Waals surface area contributed by atoms with Crippen LogP contribution in [0.4, 0.5) is 0 Å². The van der Waals surface area contributed by atoms with Crippen molar-refractivity contribution in [2.75, 3.05) is 26.4 Å². The van der Waals surface area contributed by atoms with E-state index in [0.717, 1.165) is 75.1 Å². The van der Waals surface area contributed by atoms with Gasteiger partial charge in [0.2, 0.25) is 0 Å². The van der Waals surface area contributed by atoms with E-state index < -0.39 is 47.6 Å². The quantitative estimate of drug-likeness (QED) is 0.0285. The van der Waals surface area contributed by atoms with Crippen LogP contribution in [0, 0.1) is 0 Å². The van der Waals surface area contributed by atoms with Crippen LogP contribution in [0.1, 0.15) is 226 Å². The van der Waals surface area contributed by atoms with Crippen LogP contribution >= 0.6 is 45.3 Å². The van der Waals surface area contributed by atoms with Gasteiger partial charge in [-0.15, -0.1) is 0 Å². The Morgan fingerprint density at radius 2 is 0.543 bits per heavy atom. The Labute approximate surface area is 578 Å². The summed E-state index contributed by atoms with van der Waals surface area (Å²) < 4.78 is 32.3. The molecule has 0 atom stereocenters. The van der Waals surface area contributed by atoms with Gasteiger partial charge in [-0.25, -0.2) is 0 Å². The van der Waals surface area contributed by atoms with Gasteiger partial charge in [0.25, 0.3) is 0 Å². The number of ether oxygens (including phenoxy) is 4. The van der Waals surface area contributed by atoms with Crippen LogP contribution in [-0.2, 0) is 10.8 Å². The van der Waals surface area contributed by atoms with Gasteiger partial charge in [0.15, 0.2) is 0 Å². The SMILES string of the molecule is CCCCCCCCOc1ccc(C2(c3ccc(OCCCCCCCC)cc3)c3c[c]([Sn]([CH3])([CH3])[CH3])sc3-c3sc4cc5c6c(sc5cc4c32)-c2s[c]([Sn]([CH3])([CH3])[CH3])cc2C6(c2ccc(OCCCCCCCC)cc2)c2ccc(OCCCCCCCC)cc2)cc1. The molecular weight excluding hydrogens is 1410 g/mol. The Morgan fingerprint density at radius 1 is 0.293 bits per heavy atom. The molecule has 0 bridgehead atoms. The summed E-state index contributed by atoms with van der Waals surface area (Å²) >= 11 is 3.02. The second-order valence-corrected chi connectivity index (χ2v) is 63.8. The van der Waals surface area contributed by atoms with Crippen LogP contribution in [0.25, 0.3) is 39.7 Å². The molecule has 2 aliphatic carbocycles. The van der Waals surface area contributed by atoms with Gasteiger partial charge in [-0.3, -0.25) is 0 Å². The van der Waals surface area contributed by atoms with Crippen molar-refractivity contribution in [1.29, 1.82) is 0 Å². The average molecular weight is 1520 g/mol. The topological polar surface area (TPSA) is 36.9 Å². The Kier molecular flexibility index (Phi) is 24.2. The predicted molar refractivity (Wildman–Crippen MR) is 409 cm³/mol. The number of rotatable bonds is 38. The molecule has 10 heteroatoms. The predicted octanol–water partition coefficient (Wildman–Crippen LogP) is 25.0. The molecule has 0 saturated carbocycles. The molecule has 0 spiro atoms. The molecule has 11 rings (SSSR count). The summed E-state index contributed by atoms with van der Waals surface area (Å²) in [5.74, 6) is 3.82. The number of fused-ring (bicyclic) bond motifs is 10. The van der Waals surface area contributed by atoms with Crippen LogP contribution in [-0.4, -0.2) is 63.2 Å². The molecular formula is C82H106O4S4Sn2. The minimum absolute atomic E-state index is 0.560. The maximum absolute atomic E-state index is 6.57. The number of thiophene rings is 4. The number of hydrogen-bond donors (Lipinski definition) is 0. The molecule has 0 unspecified atom stereocenters. The van der Waals surface area contributed by atoms with Gasteiger partial charge in [0.05, 0.1) is 0 Å². The standard InChI is InChI=1S/C76H88O4S4.6CH3.2Sn/c1-5-9-13-17-21-25-47-77-59-37-29-55(30-38-59)75(56-31-39-60(40-32-56)78-48-26-22-18-14-10-6-2)65-45-51-81-71(65)73-69(75)63-53-68-64(54-67(63)83-73)70-74(84-68)72-66(46-52-82-72)76(70,57-33-41-61(42-34-57)79-49-27-23-19-15-11-7-3)58-35-43-62(44-36-58)80-50-28-24-20-16-12-8-4;;;;;;;;/h29-46,53-54H,5-28,47-50H2,1-4H3;6*1H3;;. The third-order valence-corrected chi connectivity index (χ3v) is 43.4. The summed E-state index contributed by atoms with van der Waals surface area (Å²) in [4.78, 5) is 21.3. The Morgan fingerprint density at radius 3 is 0.793 bits per heavy atom. The van der Waals surface area contributed by atoms with E-state index >= 15 is 0 Å². The number of hydrogen-bond acceptors (Lipinski definition) is 8. The van der Waals surface area contributed by atoms with E-state index in [-0.39, 0.29) is 0 Å². The zero-order chi connectivity index (χ0) is 64.3. The van der Waals surface area contributed by atoms with E-state index in [1.165, 1.54) is 213 Å². The van der Waals surface area contributed by atoms with Gasteiger partial charge < -0.3 is 0 Å². The minimum atomic E-state index is -2.64. The molecule has 5 aromatic carbocycles. The summed E-state index contributed by atoms with van der Waals surface area (Å²) in [7, 11) is 0. The first-order valence-electron chi connectivity index (χ1n) is 36.0. The molecule has 490 valence electrons. The van der Waals surface area contributed by atoms with Gasteiger partial charge in [-0.05, 0) is 0 Å². The van der Waals surface area contributed by atoms with E-state index in [0.29, 0.717) is 0 Å². The summed E-state index contributed by atoms with van der Waals surface area (Å²) in [6, 6.07) is 48.1. The van der Waals surface area contributed by atoms with Crippen molar-refractivity contribution in [3.63, 3.8) is 0 Å². The van der Waals surface area contributed by atoms with E-state index in [4.69, 9.17) is 18.9 Å². The maximum atomic E-state index is 6.57. The number of benzene rings is 5.